The van der Waals surface area contributed by atoms with Gasteiger partial charge in [-0.25, -0.2) is 0 Å². The molecule has 0 saturated carbocycles. The van der Waals surface area contributed by atoms with Gasteiger partial charge in [0.05, 0.1) is 0 Å². The molecular weight excluding hydrogens is 306 g/mol. The fourth-order valence-electron chi connectivity index (χ4n) is 2.80. The molecule has 3 rings (SSSR count). The highest BCUT2D eigenvalue weighted by molar-refractivity contribution is 6.08. The number of nitrogens with one attached hydrogen (secondary N) is 1. The summed E-state index contributed by atoms with van der Waals surface area (Å²) in [5.41, 5.74) is 4.86. The topological polar surface area (TPSA) is 29.1 Å². The number of anilines is 1. The summed E-state index contributed by atoms with van der Waals surface area (Å²) in [6.45, 7) is 6.59. The fraction of sp³-hybridized carbons (Fsp3) is 0.174. The van der Waals surface area contributed by atoms with E-state index in [2.05, 4.69) is 50.4 Å². The second-order valence-corrected chi connectivity index (χ2v) is 7.19. The number of hydrogen-bond donors (Lipinski definition) is 1. The Hall–Kier alpha value is -2.87. The molecule has 0 heterocycles. The van der Waals surface area contributed by atoms with Crippen molar-refractivity contribution in [2.75, 3.05) is 5.32 Å². The Morgan fingerprint density at radius 3 is 2.00 bits per heavy atom. The Balaban J connectivity index is 1.92. The zero-order chi connectivity index (χ0) is 17.9. The van der Waals surface area contributed by atoms with Gasteiger partial charge in [0.15, 0.2) is 0 Å². The molecule has 0 aromatic heterocycles. The van der Waals surface area contributed by atoms with Gasteiger partial charge in [-0.3, -0.25) is 4.79 Å². The zero-order valence-corrected chi connectivity index (χ0v) is 14.9. The molecule has 0 radical (unpaired) electrons. The highest BCUT2D eigenvalue weighted by Gasteiger charge is 2.15. The highest BCUT2D eigenvalue weighted by atomic mass is 16.1. The summed E-state index contributed by atoms with van der Waals surface area (Å²) >= 11 is 0. The van der Waals surface area contributed by atoms with Crippen LogP contribution in [0.2, 0.25) is 0 Å². The summed E-state index contributed by atoms with van der Waals surface area (Å²) in [7, 11) is 0. The predicted octanol–water partition coefficient (Wildman–Crippen LogP) is 5.90. The largest absolute Gasteiger partial charge is 0.322 e. The van der Waals surface area contributed by atoms with Crippen molar-refractivity contribution in [2.45, 2.75) is 26.2 Å². The van der Waals surface area contributed by atoms with Crippen molar-refractivity contribution in [3.8, 4) is 11.1 Å². The van der Waals surface area contributed by atoms with E-state index in [-0.39, 0.29) is 11.3 Å². The fourth-order valence-corrected chi connectivity index (χ4v) is 2.80. The lowest BCUT2D eigenvalue weighted by Gasteiger charge is -2.19. The third-order valence-electron chi connectivity index (χ3n) is 4.27. The smallest absolute Gasteiger partial charge is 0.256 e. The minimum absolute atomic E-state index is 0.0957. The average Bonchev–Trinajstić information content (AvgIpc) is 2.62. The molecule has 0 unspecified atom stereocenters. The van der Waals surface area contributed by atoms with E-state index in [4.69, 9.17) is 0 Å². The summed E-state index contributed by atoms with van der Waals surface area (Å²) in [4.78, 5) is 12.7. The van der Waals surface area contributed by atoms with E-state index in [1.165, 1.54) is 5.56 Å². The Morgan fingerprint density at radius 2 is 1.36 bits per heavy atom. The predicted molar refractivity (Wildman–Crippen MR) is 105 cm³/mol. The third kappa shape index (κ3) is 3.97. The third-order valence-corrected chi connectivity index (χ3v) is 4.27. The number of rotatable bonds is 3. The molecule has 126 valence electrons. The van der Waals surface area contributed by atoms with Crippen molar-refractivity contribution < 1.29 is 4.79 Å². The molecular formula is C23H23NO. The van der Waals surface area contributed by atoms with Crippen molar-refractivity contribution in [2.24, 2.45) is 0 Å². The number of carbonyl (C=O) groups excluding carboxylic acids is 1. The molecule has 3 aromatic rings. The number of para-hydroxylation sites is 1. The maximum atomic E-state index is 12.7. The summed E-state index contributed by atoms with van der Waals surface area (Å²) in [6, 6.07) is 25.7. The van der Waals surface area contributed by atoms with Crippen LogP contribution >= 0.6 is 0 Å². The minimum atomic E-state index is -0.0957. The molecule has 0 aliphatic heterocycles. The van der Waals surface area contributed by atoms with Crippen LogP contribution in [0, 0.1) is 0 Å². The molecule has 2 nitrogen and oxygen atoms in total. The maximum absolute atomic E-state index is 12.7. The van der Waals surface area contributed by atoms with Crippen LogP contribution in [0.1, 0.15) is 36.7 Å². The SMILES string of the molecule is CC(C)(C)c1ccc(-c2ccccc2C(=O)Nc2ccccc2)cc1. The lowest BCUT2D eigenvalue weighted by atomic mass is 9.86. The first kappa shape index (κ1) is 17.0. The van der Waals surface area contributed by atoms with Crippen molar-refractivity contribution in [1.82, 2.24) is 0 Å². The molecule has 25 heavy (non-hydrogen) atoms. The summed E-state index contributed by atoms with van der Waals surface area (Å²) < 4.78 is 0. The first-order chi connectivity index (χ1) is 11.9. The molecule has 1 amide bonds. The normalized spacial score (nSPS) is 11.2. The van der Waals surface area contributed by atoms with Gasteiger partial charge in [-0.2, -0.15) is 0 Å². The quantitative estimate of drug-likeness (QED) is 0.636. The van der Waals surface area contributed by atoms with E-state index in [1.54, 1.807) is 0 Å². The average molecular weight is 329 g/mol. The summed E-state index contributed by atoms with van der Waals surface area (Å²) in [5.74, 6) is -0.0957. The Kier molecular flexibility index (Phi) is 4.71. The van der Waals surface area contributed by atoms with E-state index in [1.807, 2.05) is 54.6 Å². The van der Waals surface area contributed by atoms with Crippen LogP contribution in [-0.2, 0) is 5.41 Å². The van der Waals surface area contributed by atoms with Gasteiger partial charge in [0.2, 0.25) is 0 Å². The Morgan fingerprint density at radius 1 is 0.760 bits per heavy atom. The van der Waals surface area contributed by atoms with Gasteiger partial charge in [-0.15, -0.1) is 0 Å². The summed E-state index contributed by atoms with van der Waals surface area (Å²) in [5, 5.41) is 2.97. The van der Waals surface area contributed by atoms with Crippen LogP contribution in [-0.4, -0.2) is 5.91 Å². The van der Waals surface area contributed by atoms with Crippen LogP contribution in [0.4, 0.5) is 5.69 Å². The lowest BCUT2D eigenvalue weighted by molar-refractivity contribution is 0.102. The maximum Gasteiger partial charge on any atom is 0.256 e. The number of carbonyl (C=O) groups is 1. The lowest BCUT2D eigenvalue weighted by Crippen LogP contribution is -2.13. The van der Waals surface area contributed by atoms with Crippen molar-refractivity contribution in [3.63, 3.8) is 0 Å². The van der Waals surface area contributed by atoms with Gasteiger partial charge >= 0.3 is 0 Å². The first-order valence-electron chi connectivity index (χ1n) is 8.51. The van der Waals surface area contributed by atoms with E-state index < -0.39 is 0 Å². The molecule has 3 aromatic carbocycles. The van der Waals surface area contributed by atoms with E-state index in [0.29, 0.717) is 5.56 Å². The van der Waals surface area contributed by atoms with Crippen LogP contribution in [0.5, 0.6) is 0 Å². The monoisotopic (exact) mass is 329 g/mol. The summed E-state index contributed by atoms with van der Waals surface area (Å²) in [6.07, 6.45) is 0. The van der Waals surface area contributed by atoms with Gasteiger partial charge in [-0.05, 0) is 40.3 Å². The van der Waals surface area contributed by atoms with E-state index >= 15 is 0 Å². The molecule has 0 spiro atoms. The molecule has 2 heteroatoms. The molecule has 1 N–H and O–H groups in total. The standard InChI is InChI=1S/C23H23NO/c1-23(2,3)18-15-13-17(14-16-18)20-11-7-8-12-21(20)22(25)24-19-9-5-4-6-10-19/h4-16H,1-3H3,(H,24,25). The highest BCUT2D eigenvalue weighted by Crippen LogP contribution is 2.28. The molecule has 0 saturated heterocycles. The molecule has 0 aliphatic carbocycles. The van der Waals surface area contributed by atoms with Crippen LogP contribution in [0.15, 0.2) is 78.9 Å². The Bertz CT molecular complexity index is 859. The van der Waals surface area contributed by atoms with Gasteiger partial charge in [0, 0.05) is 11.3 Å². The van der Waals surface area contributed by atoms with Gasteiger partial charge in [-0.1, -0.05) is 81.4 Å². The van der Waals surface area contributed by atoms with Gasteiger partial charge in [0.1, 0.15) is 0 Å². The molecule has 0 aliphatic rings. The van der Waals surface area contributed by atoms with Gasteiger partial charge in [0.25, 0.3) is 5.91 Å². The molecule has 0 bridgehead atoms. The number of hydrogen-bond acceptors (Lipinski definition) is 1. The van der Waals surface area contributed by atoms with E-state index in [0.717, 1.165) is 16.8 Å². The second-order valence-electron chi connectivity index (χ2n) is 7.19. The van der Waals surface area contributed by atoms with Crippen molar-refractivity contribution >= 4 is 11.6 Å². The Labute approximate surface area is 149 Å². The zero-order valence-electron chi connectivity index (χ0n) is 14.9. The molecule has 0 fully saturated rings. The van der Waals surface area contributed by atoms with Crippen molar-refractivity contribution in [1.29, 1.82) is 0 Å². The van der Waals surface area contributed by atoms with E-state index in [9.17, 15) is 4.79 Å². The molecule has 0 atom stereocenters. The van der Waals surface area contributed by atoms with Crippen LogP contribution in [0.3, 0.4) is 0 Å². The first-order valence-corrected chi connectivity index (χ1v) is 8.51. The van der Waals surface area contributed by atoms with Crippen LogP contribution in [0.25, 0.3) is 11.1 Å². The minimum Gasteiger partial charge on any atom is -0.322 e. The van der Waals surface area contributed by atoms with Crippen molar-refractivity contribution in [3.05, 3.63) is 90.0 Å². The number of benzene rings is 3. The second kappa shape index (κ2) is 6.94. The number of amides is 1. The van der Waals surface area contributed by atoms with Gasteiger partial charge < -0.3 is 5.32 Å². The van der Waals surface area contributed by atoms with Crippen LogP contribution < -0.4 is 5.32 Å².